The van der Waals surface area contributed by atoms with Crippen molar-refractivity contribution in [2.45, 2.75) is 12.7 Å². The molecule has 0 atom stereocenters. The first-order chi connectivity index (χ1) is 9.82. The molecule has 21 heavy (non-hydrogen) atoms. The van der Waals surface area contributed by atoms with Gasteiger partial charge in [-0.15, -0.1) is 0 Å². The molecule has 110 valence electrons. The van der Waals surface area contributed by atoms with Crippen LogP contribution in [0.3, 0.4) is 0 Å². The minimum absolute atomic E-state index is 0.239. The number of hydrogen-bond acceptors (Lipinski definition) is 4. The summed E-state index contributed by atoms with van der Waals surface area (Å²) in [5.41, 5.74) is 5.31. The summed E-state index contributed by atoms with van der Waals surface area (Å²) in [5, 5.41) is 15.5. The molecule has 0 amide bonds. The zero-order valence-electron chi connectivity index (χ0n) is 11.1. The van der Waals surface area contributed by atoms with Gasteiger partial charge in [0.2, 0.25) is 0 Å². The first-order valence-corrected chi connectivity index (χ1v) is 5.94. The molecule has 0 unspecified atom stereocenters. The number of benzene rings is 1. The topological polar surface area (TPSA) is 79.7 Å². The molecule has 3 N–H and O–H groups in total. The summed E-state index contributed by atoms with van der Waals surface area (Å²) in [5.74, 6) is 0.437. The molecule has 0 fully saturated rings. The number of aryl methyl sites for hydroxylation is 1. The van der Waals surface area contributed by atoms with Crippen LogP contribution in [0.1, 0.15) is 16.7 Å². The Labute approximate surface area is 118 Å². The van der Waals surface area contributed by atoms with Gasteiger partial charge in [0.25, 0.3) is 0 Å². The summed E-state index contributed by atoms with van der Waals surface area (Å²) in [4.78, 5) is 0. The van der Waals surface area contributed by atoms with E-state index in [0.717, 1.165) is 12.1 Å². The molecule has 2 aromatic rings. The van der Waals surface area contributed by atoms with E-state index in [1.807, 2.05) is 0 Å². The Morgan fingerprint density at radius 1 is 1.43 bits per heavy atom. The lowest BCUT2D eigenvalue weighted by molar-refractivity contribution is -0.137. The van der Waals surface area contributed by atoms with Gasteiger partial charge >= 0.3 is 6.18 Å². The van der Waals surface area contributed by atoms with Gasteiger partial charge in [0.05, 0.1) is 23.4 Å². The molecule has 0 saturated carbocycles. The summed E-state index contributed by atoms with van der Waals surface area (Å²) >= 11 is 0. The average molecular weight is 295 g/mol. The summed E-state index contributed by atoms with van der Waals surface area (Å²) in [6.07, 6.45) is -3.03. The van der Waals surface area contributed by atoms with Crippen molar-refractivity contribution in [3.63, 3.8) is 0 Å². The van der Waals surface area contributed by atoms with Crippen LogP contribution in [-0.2, 0) is 19.8 Å². The largest absolute Gasteiger partial charge is 0.417 e. The number of halogens is 3. The quantitative estimate of drug-likeness (QED) is 0.911. The van der Waals surface area contributed by atoms with Crippen LogP contribution < -0.4 is 11.1 Å². The number of nitriles is 1. The number of nitrogens with zero attached hydrogens (tertiary/aromatic N) is 3. The normalized spacial score (nSPS) is 11.2. The molecule has 8 heteroatoms. The Hall–Kier alpha value is -2.69. The maximum absolute atomic E-state index is 12.8. The van der Waals surface area contributed by atoms with Crippen molar-refractivity contribution in [2.24, 2.45) is 7.05 Å². The molecule has 0 radical (unpaired) electrons. The fourth-order valence-electron chi connectivity index (χ4n) is 1.81. The number of nitrogen functional groups attached to an aromatic ring is 1. The van der Waals surface area contributed by atoms with Crippen LogP contribution in [-0.4, -0.2) is 9.78 Å². The molecule has 1 aromatic carbocycles. The predicted molar refractivity (Wildman–Crippen MR) is 71.1 cm³/mol. The van der Waals surface area contributed by atoms with E-state index in [1.165, 1.54) is 23.0 Å². The van der Waals surface area contributed by atoms with Gasteiger partial charge < -0.3 is 11.1 Å². The maximum atomic E-state index is 12.8. The number of aromatic nitrogens is 2. The second kappa shape index (κ2) is 5.36. The lowest BCUT2D eigenvalue weighted by Crippen LogP contribution is -2.09. The molecular weight excluding hydrogens is 283 g/mol. The molecule has 0 aliphatic rings. The Kier molecular flexibility index (Phi) is 3.76. The Balaban J connectivity index is 2.22. The molecule has 0 bridgehead atoms. The number of alkyl halides is 3. The number of anilines is 2. The fourth-order valence-corrected chi connectivity index (χ4v) is 1.81. The molecule has 0 saturated heterocycles. The zero-order chi connectivity index (χ0) is 15.6. The van der Waals surface area contributed by atoms with Crippen LogP contribution in [0.4, 0.5) is 24.7 Å². The Morgan fingerprint density at radius 3 is 2.67 bits per heavy atom. The molecule has 0 aliphatic heterocycles. The van der Waals surface area contributed by atoms with Crippen molar-refractivity contribution in [2.75, 3.05) is 11.1 Å². The third kappa shape index (κ3) is 3.08. The van der Waals surface area contributed by atoms with Gasteiger partial charge in [-0.1, -0.05) is 0 Å². The summed E-state index contributed by atoms with van der Waals surface area (Å²) in [6, 6.07) is 5.00. The number of hydrogen-bond donors (Lipinski definition) is 2. The van der Waals surface area contributed by atoms with Gasteiger partial charge in [-0.2, -0.15) is 23.5 Å². The molecule has 1 aromatic heterocycles. The first kappa shape index (κ1) is 14.7. The van der Waals surface area contributed by atoms with Gasteiger partial charge in [-0.3, -0.25) is 4.68 Å². The lowest BCUT2D eigenvalue weighted by Gasteiger charge is -2.12. The van der Waals surface area contributed by atoms with Crippen LogP contribution in [0, 0.1) is 11.3 Å². The van der Waals surface area contributed by atoms with E-state index in [2.05, 4.69) is 10.4 Å². The van der Waals surface area contributed by atoms with Gasteiger partial charge in [0, 0.05) is 24.8 Å². The number of rotatable bonds is 3. The highest BCUT2D eigenvalue weighted by molar-refractivity contribution is 5.54. The molecule has 1 heterocycles. The molecular formula is C13H12F3N5. The third-order valence-electron chi connectivity index (χ3n) is 2.99. The Bertz CT molecular complexity index is 697. The molecule has 0 aliphatic carbocycles. The van der Waals surface area contributed by atoms with Crippen molar-refractivity contribution in [3.8, 4) is 6.07 Å². The van der Waals surface area contributed by atoms with Crippen molar-refractivity contribution >= 4 is 11.5 Å². The maximum Gasteiger partial charge on any atom is 0.417 e. The minimum atomic E-state index is -4.57. The van der Waals surface area contributed by atoms with Crippen molar-refractivity contribution < 1.29 is 13.2 Å². The van der Waals surface area contributed by atoms with Gasteiger partial charge in [-0.05, 0) is 18.2 Å². The fraction of sp³-hybridized carbons (Fsp3) is 0.231. The predicted octanol–water partition coefficient (Wildman–Crippen LogP) is 2.50. The van der Waals surface area contributed by atoms with Gasteiger partial charge in [-0.25, -0.2) is 0 Å². The van der Waals surface area contributed by atoms with E-state index in [0.29, 0.717) is 11.4 Å². The summed E-state index contributed by atoms with van der Waals surface area (Å²) < 4.78 is 40.0. The van der Waals surface area contributed by atoms with Crippen LogP contribution in [0.15, 0.2) is 24.4 Å². The van der Waals surface area contributed by atoms with Gasteiger partial charge in [0.15, 0.2) is 0 Å². The van der Waals surface area contributed by atoms with Crippen LogP contribution in [0.5, 0.6) is 0 Å². The molecule has 2 rings (SSSR count). The lowest BCUT2D eigenvalue weighted by atomic mass is 10.1. The zero-order valence-corrected chi connectivity index (χ0v) is 11.1. The van der Waals surface area contributed by atoms with E-state index in [1.54, 1.807) is 7.05 Å². The average Bonchev–Trinajstić information content (AvgIpc) is 2.75. The van der Waals surface area contributed by atoms with Crippen molar-refractivity contribution in [3.05, 3.63) is 41.1 Å². The van der Waals surface area contributed by atoms with E-state index < -0.39 is 17.3 Å². The van der Waals surface area contributed by atoms with Crippen LogP contribution in [0.25, 0.3) is 0 Å². The van der Waals surface area contributed by atoms with E-state index >= 15 is 0 Å². The second-order valence-corrected chi connectivity index (χ2v) is 4.40. The standard InChI is InChI=1S/C13H12F3N5/c1-21-12(18)9(7-20-21)6-19-10-3-2-8(5-17)11(4-10)13(14,15)16/h2-4,7,19H,6,18H2,1H3. The highest BCUT2D eigenvalue weighted by atomic mass is 19.4. The first-order valence-electron chi connectivity index (χ1n) is 5.94. The number of nitrogens with two attached hydrogens (primary N) is 1. The van der Waals surface area contributed by atoms with Crippen molar-refractivity contribution in [1.29, 1.82) is 5.26 Å². The second-order valence-electron chi connectivity index (χ2n) is 4.40. The molecule has 0 spiro atoms. The van der Waals surface area contributed by atoms with E-state index in [4.69, 9.17) is 11.0 Å². The summed E-state index contributed by atoms with van der Waals surface area (Å²) in [7, 11) is 1.67. The smallest absolute Gasteiger partial charge is 0.384 e. The molecule has 5 nitrogen and oxygen atoms in total. The Morgan fingerprint density at radius 2 is 2.14 bits per heavy atom. The van der Waals surface area contributed by atoms with Crippen LogP contribution >= 0.6 is 0 Å². The summed E-state index contributed by atoms with van der Waals surface area (Å²) in [6.45, 7) is 0.239. The van der Waals surface area contributed by atoms with Crippen molar-refractivity contribution in [1.82, 2.24) is 9.78 Å². The highest BCUT2D eigenvalue weighted by Crippen LogP contribution is 2.33. The van der Waals surface area contributed by atoms with E-state index in [9.17, 15) is 13.2 Å². The van der Waals surface area contributed by atoms with Gasteiger partial charge in [0.1, 0.15) is 5.82 Å². The minimum Gasteiger partial charge on any atom is -0.384 e. The highest BCUT2D eigenvalue weighted by Gasteiger charge is 2.33. The van der Waals surface area contributed by atoms with E-state index in [-0.39, 0.29) is 12.2 Å². The number of nitrogens with one attached hydrogen (secondary N) is 1. The third-order valence-corrected chi connectivity index (χ3v) is 2.99. The SMILES string of the molecule is Cn1ncc(CNc2ccc(C#N)c(C(F)(F)F)c2)c1N. The monoisotopic (exact) mass is 295 g/mol. The van der Waals surface area contributed by atoms with Crippen LogP contribution in [0.2, 0.25) is 0 Å².